The van der Waals surface area contributed by atoms with Gasteiger partial charge in [-0.15, -0.1) is 0 Å². The molecule has 0 radical (unpaired) electrons. The van der Waals surface area contributed by atoms with Gasteiger partial charge in [-0.25, -0.2) is 4.79 Å². The van der Waals surface area contributed by atoms with E-state index in [0.29, 0.717) is 32.8 Å². The highest BCUT2D eigenvalue weighted by molar-refractivity contribution is 6.35. The van der Waals surface area contributed by atoms with E-state index in [9.17, 15) is 9.59 Å². The van der Waals surface area contributed by atoms with Crippen molar-refractivity contribution in [1.29, 1.82) is 0 Å². The number of esters is 1. The summed E-state index contributed by atoms with van der Waals surface area (Å²) in [5, 5.41) is 3.51. The van der Waals surface area contributed by atoms with Crippen LogP contribution in [0.25, 0.3) is 0 Å². The van der Waals surface area contributed by atoms with Crippen molar-refractivity contribution in [3.63, 3.8) is 0 Å². The van der Waals surface area contributed by atoms with Crippen molar-refractivity contribution < 1.29 is 23.8 Å². The van der Waals surface area contributed by atoms with Gasteiger partial charge >= 0.3 is 5.97 Å². The second kappa shape index (κ2) is 10.2. The number of halogens is 2. The van der Waals surface area contributed by atoms with Crippen LogP contribution in [0.2, 0.25) is 10.0 Å². The normalized spacial score (nSPS) is 11.4. The zero-order valence-corrected chi connectivity index (χ0v) is 18.2. The Balaban J connectivity index is 1.58. The summed E-state index contributed by atoms with van der Waals surface area (Å²) in [4.78, 5) is 24.7. The average molecular weight is 460 g/mol. The Kier molecular flexibility index (Phi) is 7.39. The fraction of sp³-hybridized carbons (Fsp3) is 0.130. The zero-order valence-electron chi connectivity index (χ0n) is 16.7. The minimum atomic E-state index is -0.832. The van der Waals surface area contributed by atoms with Crippen molar-refractivity contribution in [2.45, 2.75) is 13.0 Å². The van der Waals surface area contributed by atoms with Gasteiger partial charge in [-0.3, -0.25) is 4.79 Å². The van der Waals surface area contributed by atoms with Crippen LogP contribution in [0.4, 0.5) is 5.69 Å². The molecule has 1 N–H and O–H groups in total. The van der Waals surface area contributed by atoms with Gasteiger partial charge < -0.3 is 19.5 Å². The van der Waals surface area contributed by atoms with Crippen molar-refractivity contribution in [2.24, 2.45) is 0 Å². The second-order valence-corrected chi connectivity index (χ2v) is 7.30. The maximum Gasteiger partial charge on any atom is 0.352 e. The predicted molar refractivity (Wildman–Crippen MR) is 120 cm³/mol. The SMILES string of the molecule is COc1ccc(OC(C)C(=O)Oc2ccc(C(=O)Nc3cc(Cl)ccc3Cl)cc2)cc1. The number of carbonyl (C=O) groups excluding carboxylic acids is 2. The molecule has 0 saturated carbocycles. The molecule has 0 aliphatic heterocycles. The Bertz CT molecular complexity index is 1070. The topological polar surface area (TPSA) is 73.9 Å². The molecule has 0 heterocycles. The van der Waals surface area contributed by atoms with Crippen molar-refractivity contribution in [2.75, 3.05) is 12.4 Å². The smallest absolute Gasteiger partial charge is 0.352 e. The zero-order chi connectivity index (χ0) is 22.4. The first-order chi connectivity index (χ1) is 14.9. The summed E-state index contributed by atoms with van der Waals surface area (Å²) >= 11 is 12.0. The summed E-state index contributed by atoms with van der Waals surface area (Å²) in [7, 11) is 1.57. The van der Waals surface area contributed by atoms with E-state index in [0.717, 1.165) is 0 Å². The summed E-state index contributed by atoms with van der Waals surface area (Å²) in [5.41, 5.74) is 0.762. The molecule has 0 aliphatic carbocycles. The molecule has 0 aromatic heterocycles. The molecule has 0 bridgehead atoms. The lowest BCUT2D eigenvalue weighted by Crippen LogP contribution is -2.28. The number of ether oxygens (including phenoxy) is 3. The van der Waals surface area contributed by atoms with Crippen LogP contribution < -0.4 is 19.5 Å². The number of amides is 1. The van der Waals surface area contributed by atoms with Crippen LogP contribution in [0.3, 0.4) is 0 Å². The monoisotopic (exact) mass is 459 g/mol. The standard InChI is InChI=1S/C23H19Cl2NO5/c1-14(30-18-10-8-17(29-2)9-11-18)23(28)31-19-6-3-15(4-7-19)22(27)26-21-13-16(24)5-12-20(21)25/h3-14H,1-2H3,(H,26,27). The highest BCUT2D eigenvalue weighted by atomic mass is 35.5. The van der Waals surface area contributed by atoms with E-state index in [2.05, 4.69) is 5.32 Å². The number of carbonyl (C=O) groups is 2. The molecule has 1 unspecified atom stereocenters. The van der Waals surface area contributed by atoms with E-state index < -0.39 is 12.1 Å². The molecule has 0 saturated heterocycles. The van der Waals surface area contributed by atoms with Crippen molar-refractivity contribution >= 4 is 40.8 Å². The molecule has 3 aromatic rings. The third-order valence-corrected chi connectivity index (χ3v) is 4.78. The molecular weight excluding hydrogens is 441 g/mol. The fourth-order valence-electron chi connectivity index (χ4n) is 2.57. The lowest BCUT2D eigenvalue weighted by atomic mass is 10.2. The van der Waals surface area contributed by atoms with Gasteiger partial charge in [0.15, 0.2) is 6.10 Å². The summed E-state index contributed by atoms with van der Waals surface area (Å²) in [6, 6.07) is 17.7. The molecule has 6 nitrogen and oxygen atoms in total. The summed E-state index contributed by atoms with van der Waals surface area (Å²) in [6.07, 6.45) is -0.832. The van der Waals surface area contributed by atoms with Crippen LogP contribution in [0, 0.1) is 0 Å². The number of hydrogen-bond donors (Lipinski definition) is 1. The second-order valence-electron chi connectivity index (χ2n) is 6.46. The summed E-state index contributed by atoms with van der Waals surface area (Å²) < 4.78 is 16.0. The Labute approximate surface area is 189 Å². The first-order valence-electron chi connectivity index (χ1n) is 9.24. The maximum absolute atomic E-state index is 12.4. The fourth-order valence-corrected chi connectivity index (χ4v) is 2.90. The highest BCUT2D eigenvalue weighted by Gasteiger charge is 2.18. The number of anilines is 1. The molecular formula is C23H19Cl2NO5. The molecule has 160 valence electrons. The molecule has 8 heteroatoms. The van der Waals surface area contributed by atoms with Gasteiger partial charge in [0, 0.05) is 10.6 Å². The van der Waals surface area contributed by atoms with E-state index >= 15 is 0 Å². The largest absolute Gasteiger partial charge is 0.497 e. The van der Waals surface area contributed by atoms with Gasteiger partial charge in [-0.1, -0.05) is 23.2 Å². The van der Waals surface area contributed by atoms with Gasteiger partial charge in [0.1, 0.15) is 17.2 Å². The molecule has 0 spiro atoms. The van der Waals surface area contributed by atoms with E-state index in [1.54, 1.807) is 56.5 Å². The van der Waals surface area contributed by atoms with Crippen molar-refractivity contribution in [3.05, 3.63) is 82.3 Å². The molecule has 1 atom stereocenters. The minimum Gasteiger partial charge on any atom is -0.497 e. The lowest BCUT2D eigenvalue weighted by molar-refractivity contribution is -0.141. The van der Waals surface area contributed by atoms with Gasteiger partial charge in [0.05, 0.1) is 17.8 Å². The van der Waals surface area contributed by atoms with E-state index in [4.69, 9.17) is 37.4 Å². The number of rotatable bonds is 7. The van der Waals surface area contributed by atoms with Gasteiger partial charge in [-0.05, 0) is 73.7 Å². The Hall–Kier alpha value is -3.22. The average Bonchev–Trinajstić information content (AvgIpc) is 2.77. The van der Waals surface area contributed by atoms with E-state index in [-0.39, 0.29) is 11.7 Å². The molecule has 0 aliphatic rings. The molecule has 1 amide bonds. The van der Waals surface area contributed by atoms with Crippen LogP contribution in [0.5, 0.6) is 17.2 Å². The summed E-state index contributed by atoms with van der Waals surface area (Å²) in [6.45, 7) is 1.59. The Morgan fingerprint density at radius 2 is 1.48 bits per heavy atom. The lowest BCUT2D eigenvalue weighted by Gasteiger charge is -2.14. The van der Waals surface area contributed by atoms with Crippen LogP contribution in [0.15, 0.2) is 66.7 Å². The molecule has 0 fully saturated rings. The molecule has 3 rings (SSSR count). The van der Waals surface area contributed by atoms with Crippen molar-refractivity contribution in [1.82, 2.24) is 0 Å². The van der Waals surface area contributed by atoms with Crippen LogP contribution in [0.1, 0.15) is 17.3 Å². The van der Waals surface area contributed by atoms with Crippen LogP contribution in [-0.2, 0) is 4.79 Å². The number of benzene rings is 3. The predicted octanol–water partition coefficient (Wildman–Crippen LogP) is 5.63. The van der Waals surface area contributed by atoms with Gasteiger partial charge in [-0.2, -0.15) is 0 Å². The van der Waals surface area contributed by atoms with Gasteiger partial charge in [0.2, 0.25) is 0 Å². The van der Waals surface area contributed by atoms with Crippen LogP contribution in [-0.4, -0.2) is 25.1 Å². The first kappa shape index (κ1) is 22.5. The number of nitrogens with one attached hydrogen (secondary N) is 1. The summed E-state index contributed by atoms with van der Waals surface area (Å²) in [5.74, 6) is 0.533. The third-order valence-electron chi connectivity index (χ3n) is 4.22. The van der Waals surface area contributed by atoms with Crippen LogP contribution >= 0.6 is 23.2 Å². The molecule has 3 aromatic carbocycles. The van der Waals surface area contributed by atoms with Crippen molar-refractivity contribution in [3.8, 4) is 17.2 Å². The maximum atomic E-state index is 12.4. The van der Waals surface area contributed by atoms with Gasteiger partial charge in [0.25, 0.3) is 5.91 Å². The number of hydrogen-bond acceptors (Lipinski definition) is 5. The molecule has 31 heavy (non-hydrogen) atoms. The Morgan fingerprint density at radius 1 is 0.871 bits per heavy atom. The Morgan fingerprint density at radius 3 is 2.13 bits per heavy atom. The van der Waals surface area contributed by atoms with E-state index in [1.165, 1.54) is 24.3 Å². The number of methoxy groups -OCH3 is 1. The quantitative estimate of drug-likeness (QED) is 0.366. The highest BCUT2D eigenvalue weighted by Crippen LogP contribution is 2.26. The first-order valence-corrected chi connectivity index (χ1v) is 10.00. The third kappa shape index (κ3) is 6.13. The van der Waals surface area contributed by atoms with E-state index in [1.807, 2.05) is 0 Å². The minimum absolute atomic E-state index is 0.285.